The number of aromatic nitrogens is 1. The SMILES string of the molecule is Cc1cnc(NC(=O)[C@@H]2C[C@@H]2C(=O)O)s1. The summed E-state index contributed by atoms with van der Waals surface area (Å²) in [5.74, 6) is -2.03. The molecule has 2 rings (SSSR count). The molecular weight excluding hydrogens is 216 g/mol. The van der Waals surface area contributed by atoms with Crippen molar-refractivity contribution in [2.75, 3.05) is 5.32 Å². The predicted molar refractivity (Wildman–Crippen MR) is 54.7 cm³/mol. The number of amides is 1. The Bertz CT molecular complexity index is 415. The quantitative estimate of drug-likeness (QED) is 0.809. The van der Waals surface area contributed by atoms with E-state index >= 15 is 0 Å². The summed E-state index contributed by atoms with van der Waals surface area (Å²) in [6.45, 7) is 1.89. The molecular formula is C9H10N2O3S. The van der Waals surface area contributed by atoms with Crippen LogP contribution in [-0.4, -0.2) is 22.0 Å². The number of rotatable bonds is 3. The molecule has 80 valence electrons. The summed E-state index contributed by atoms with van der Waals surface area (Å²) >= 11 is 1.38. The van der Waals surface area contributed by atoms with Crippen molar-refractivity contribution in [3.05, 3.63) is 11.1 Å². The average molecular weight is 226 g/mol. The van der Waals surface area contributed by atoms with Gasteiger partial charge in [-0.15, -0.1) is 11.3 Å². The van der Waals surface area contributed by atoms with Crippen molar-refractivity contribution < 1.29 is 14.7 Å². The fourth-order valence-electron chi connectivity index (χ4n) is 1.37. The van der Waals surface area contributed by atoms with Crippen LogP contribution in [0.2, 0.25) is 0 Å². The number of carbonyl (C=O) groups is 2. The first-order valence-electron chi connectivity index (χ1n) is 4.54. The predicted octanol–water partition coefficient (Wildman–Crippen LogP) is 1.11. The molecule has 5 nitrogen and oxygen atoms in total. The Morgan fingerprint density at radius 2 is 2.33 bits per heavy atom. The van der Waals surface area contributed by atoms with E-state index in [4.69, 9.17) is 5.11 Å². The third kappa shape index (κ3) is 2.15. The van der Waals surface area contributed by atoms with E-state index in [0.29, 0.717) is 11.6 Å². The topological polar surface area (TPSA) is 79.3 Å². The van der Waals surface area contributed by atoms with E-state index in [1.807, 2.05) is 6.92 Å². The average Bonchev–Trinajstić information content (AvgIpc) is 2.86. The summed E-state index contributed by atoms with van der Waals surface area (Å²) in [6, 6.07) is 0. The number of aliphatic carboxylic acids is 1. The van der Waals surface area contributed by atoms with Crippen LogP contribution < -0.4 is 5.32 Å². The van der Waals surface area contributed by atoms with Crippen LogP contribution in [-0.2, 0) is 9.59 Å². The van der Waals surface area contributed by atoms with Crippen LogP contribution in [0.25, 0.3) is 0 Å². The van der Waals surface area contributed by atoms with Crippen LogP contribution in [0.15, 0.2) is 6.20 Å². The second-order valence-corrected chi connectivity index (χ2v) is 4.79. The first kappa shape index (κ1) is 10.1. The number of carbonyl (C=O) groups excluding carboxylic acids is 1. The van der Waals surface area contributed by atoms with E-state index in [2.05, 4.69) is 10.3 Å². The van der Waals surface area contributed by atoms with E-state index in [9.17, 15) is 9.59 Å². The van der Waals surface area contributed by atoms with E-state index in [1.54, 1.807) is 6.20 Å². The fraction of sp³-hybridized carbons (Fsp3) is 0.444. The summed E-state index contributed by atoms with van der Waals surface area (Å²) < 4.78 is 0. The number of anilines is 1. The lowest BCUT2D eigenvalue weighted by molar-refractivity contribution is -0.139. The van der Waals surface area contributed by atoms with Gasteiger partial charge < -0.3 is 10.4 Å². The zero-order chi connectivity index (χ0) is 11.0. The monoisotopic (exact) mass is 226 g/mol. The van der Waals surface area contributed by atoms with Gasteiger partial charge in [-0.2, -0.15) is 0 Å². The maximum atomic E-state index is 11.5. The van der Waals surface area contributed by atoms with Gasteiger partial charge in [-0.05, 0) is 13.3 Å². The fourth-order valence-corrected chi connectivity index (χ4v) is 2.04. The van der Waals surface area contributed by atoms with E-state index in [-0.39, 0.29) is 11.8 Å². The lowest BCUT2D eigenvalue weighted by Crippen LogP contribution is -2.16. The first-order chi connectivity index (χ1) is 7.08. The molecule has 1 aliphatic carbocycles. The first-order valence-corrected chi connectivity index (χ1v) is 5.35. The van der Waals surface area contributed by atoms with Crippen molar-refractivity contribution in [2.24, 2.45) is 11.8 Å². The lowest BCUT2D eigenvalue weighted by atomic mass is 10.3. The number of thiazole rings is 1. The van der Waals surface area contributed by atoms with Crippen LogP contribution in [0.1, 0.15) is 11.3 Å². The van der Waals surface area contributed by atoms with Gasteiger partial charge in [0.25, 0.3) is 0 Å². The molecule has 0 bridgehead atoms. The second-order valence-electron chi connectivity index (χ2n) is 3.55. The third-order valence-corrected chi connectivity index (χ3v) is 3.12. The summed E-state index contributed by atoms with van der Waals surface area (Å²) in [4.78, 5) is 27.0. The highest BCUT2D eigenvalue weighted by Gasteiger charge is 2.48. The molecule has 1 amide bonds. The molecule has 0 radical (unpaired) electrons. The van der Waals surface area contributed by atoms with Crippen LogP contribution >= 0.6 is 11.3 Å². The summed E-state index contributed by atoms with van der Waals surface area (Å²) in [5.41, 5.74) is 0. The summed E-state index contributed by atoms with van der Waals surface area (Å²) in [5, 5.41) is 11.8. The third-order valence-electron chi connectivity index (χ3n) is 2.30. The Hall–Kier alpha value is -1.43. The van der Waals surface area contributed by atoms with Gasteiger partial charge in [-0.1, -0.05) is 0 Å². The van der Waals surface area contributed by atoms with Crippen molar-refractivity contribution in [3.8, 4) is 0 Å². The number of nitrogens with zero attached hydrogens (tertiary/aromatic N) is 1. The molecule has 15 heavy (non-hydrogen) atoms. The minimum absolute atomic E-state index is 0.239. The molecule has 2 atom stereocenters. The smallest absolute Gasteiger partial charge is 0.307 e. The molecule has 0 aromatic carbocycles. The van der Waals surface area contributed by atoms with Gasteiger partial charge in [0, 0.05) is 11.1 Å². The highest BCUT2D eigenvalue weighted by Crippen LogP contribution is 2.39. The second kappa shape index (κ2) is 3.62. The Labute approximate surface area is 90.1 Å². The Balaban J connectivity index is 1.92. The maximum Gasteiger partial charge on any atom is 0.307 e. The van der Waals surface area contributed by atoms with Crippen LogP contribution in [0.3, 0.4) is 0 Å². The maximum absolute atomic E-state index is 11.5. The number of carboxylic acid groups (broad SMARTS) is 1. The summed E-state index contributed by atoms with van der Waals surface area (Å²) in [7, 11) is 0. The van der Waals surface area contributed by atoms with Gasteiger partial charge in [0.15, 0.2) is 5.13 Å². The van der Waals surface area contributed by atoms with Gasteiger partial charge in [-0.25, -0.2) is 4.98 Å². The standard InChI is InChI=1S/C9H10N2O3S/c1-4-3-10-9(15-4)11-7(12)5-2-6(5)8(13)14/h3,5-6H,2H2,1H3,(H,13,14)(H,10,11,12)/t5-,6+/m1/s1. The largest absolute Gasteiger partial charge is 0.481 e. The molecule has 6 heteroatoms. The minimum atomic E-state index is -0.898. The molecule has 0 saturated heterocycles. The highest BCUT2D eigenvalue weighted by atomic mass is 32.1. The van der Waals surface area contributed by atoms with Crippen molar-refractivity contribution in [2.45, 2.75) is 13.3 Å². The van der Waals surface area contributed by atoms with E-state index in [0.717, 1.165) is 4.88 Å². The zero-order valence-corrected chi connectivity index (χ0v) is 8.87. The molecule has 1 aliphatic rings. The van der Waals surface area contributed by atoms with Crippen molar-refractivity contribution >= 4 is 28.3 Å². The van der Waals surface area contributed by atoms with Crippen LogP contribution in [0, 0.1) is 18.8 Å². The van der Waals surface area contributed by atoms with Gasteiger partial charge in [0.05, 0.1) is 11.8 Å². The van der Waals surface area contributed by atoms with Crippen LogP contribution in [0.4, 0.5) is 5.13 Å². The molecule has 1 aromatic rings. The highest BCUT2D eigenvalue weighted by molar-refractivity contribution is 7.15. The van der Waals surface area contributed by atoms with Gasteiger partial charge in [0.2, 0.25) is 5.91 Å². The molecule has 1 heterocycles. The molecule has 1 aromatic heterocycles. The molecule has 0 spiro atoms. The summed E-state index contributed by atoms with van der Waals surface area (Å²) in [6.07, 6.45) is 2.10. The van der Waals surface area contributed by atoms with Gasteiger partial charge in [0.1, 0.15) is 0 Å². The number of carboxylic acids is 1. The molecule has 1 fully saturated rings. The minimum Gasteiger partial charge on any atom is -0.481 e. The van der Waals surface area contributed by atoms with Crippen molar-refractivity contribution in [1.29, 1.82) is 0 Å². The number of aryl methyl sites for hydroxylation is 1. The molecule has 0 unspecified atom stereocenters. The van der Waals surface area contributed by atoms with Gasteiger partial charge in [-0.3, -0.25) is 9.59 Å². The van der Waals surface area contributed by atoms with Crippen LogP contribution in [0.5, 0.6) is 0 Å². The van der Waals surface area contributed by atoms with Crippen molar-refractivity contribution in [3.63, 3.8) is 0 Å². The number of hydrogen-bond acceptors (Lipinski definition) is 4. The van der Waals surface area contributed by atoms with Gasteiger partial charge >= 0.3 is 5.97 Å². The number of hydrogen-bond donors (Lipinski definition) is 2. The van der Waals surface area contributed by atoms with E-state index in [1.165, 1.54) is 11.3 Å². The van der Waals surface area contributed by atoms with Crippen molar-refractivity contribution in [1.82, 2.24) is 4.98 Å². The number of nitrogens with one attached hydrogen (secondary N) is 1. The zero-order valence-electron chi connectivity index (χ0n) is 8.06. The normalized spacial score (nSPS) is 23.5. The molecule has 2 N–H and O–H groups in total. The molecule has 0 aliphatic heterocycles. The molecule has 1 saturated carbocycles. The van der Waals surface area contributed by atoms with E-state index < -0.39 is 11.9 Å². The Morgan fingerprint density at radius 3 is 2.80 bits per heavy atom. The Kier molecular flexibility index (Phi) is 2.44. The lowest BCUT2D eigenvalue weighted by Gasteiger charge is -1.98. The Morgan fingerprint density at radius 1 is 1.60 bits per heavy atom.